The van der Waals surface area contributed by atoms with Gasteiger partial charge in [-0.25, -0.2) is 0 Å². The van der Waals surface area contributed by atoms with Crippen molar-refractivity contribution in [3.63, 3.8) is 0 Å². The van der Waals surface area contributed by atoms with Gasteiger partial charge in [0.1, 0.15) is 0 Å². The zero-order chi connectivity index (χ0) is 13.4. The summed E-state index contributed by atoms with van der Waals surface area (Å²) in [6, 6.07) is 4.84. The molecule has 0 aliphatic rings. The first-order valence-electron chi connectivity index (χ1n) is 7.36. The number of unbranched alkanes of at least 4 members (excludes halogenated alkanes) is 3. The van der Waals surface area contributed by atoms with Crippen molar-refractivity contribution in [1.29, 1.82) is 0 Å². The highest BCUT2D eigenvalue weighted by molar-refractivity contribution is 5.25. The van der Waals surface area contributed by atoms with Crippen LogP contribution in [0.4, 0.5) is 0 Å². The molecule has 1 heterocycles. The molecule has 102 valence electrons. The first-order chi connectivity index (χ1) is 8.69. The van der Waals surface area contributed by atoms with Crippen molar-refractivity contribution in [2.45, 2.75) is 65.8 Å². The van der Waals surface area contributed by atoms with E-state index in [1.54, 1.807) is 0 Å². The Morgan fingerprint density at radius 2 is 1.89 bits per heavy atom. The molecule has 18 heavy (non-hydrogen) atoms. The van der Waals surface area contributed by atoms with E-state index in [9.17, 15) is 0 Å². The summed E-state index contributed by atoms with van der Waals surface area (Å²) in [4.78, 5) is 4.58. The SMILES string of the molecule is CCCCCCC(NCC)c1ccc(C)nc1C. The lowest BCUT2D eigenvalue weighted by Gasteiger charge is -2.20. The van der Waals surface area contributed by atoms with Gasteiger partial charge in [0, 0.05) is 17.4 Å². The minimum absolute atomic E-state index is 0.472. The number of nitrogens with zero attached hydrogens (tertiary/aromatic N) is 1. The van der Waals surface area contributed by atoms with Crippen LogP contribution in [0.3, 0.4) is 0 Å². The average molecular weight is 248 g/mol. The van der Waals surface area contributed by atoms with Crippen LogP contribution < -0.4 is 5.32 Å². The lowest BCUT2D eigenvalue weighted by Crippen LogP contribution is -2.22. The monoisotopic (exact) mass is 248 g/mol. The van der Waals surface area contributed by atoms with Crippen molar-refractivity contribution in [2.24, 2.45) is 0 Å². The summed E-state index contributed by atoms with van der Waals surface area (Å²) >= 11 is 0. The van der Waals surface area contributed by atoms with Gasteiger partial charge in [-0.1, -0.05) is 45.6 Å². The Kier molecular flexibility index (Phi) is 6.96. The molecule has 1 rings (SSSR count). The zero-order valence-corrected chi connectivity index (χ0v) is 12.4. The van der Waals surface area contributed by atoms with Crippen LogP contribution in [0.5, 0.6) is 0 Å². The molecule has 0 aliphatic carbocycles. The zero-order valence-electron chi connectivity index (χ0n) is 12.4. The topological polar surface area (TPSA) is 24.9 Å². The summed E-state index contributed by atoms with van der Waals surface area (Å²) in [7, 11) is 0. The molecule has 1 aromatic rings. The van der Waals surface area contributed by atoms with E-state index in [2.05, 4.69) is 50.1 Å². The fraction of sp³-hybridized carbons (Fsp3) is 0.688. The van der Waals surface area contributed by atoms with Crippen molar-refractivity contribution in [3.8, 4) is 0 Å². The third-order valence-electron chi connectivity index (χ3n) is 3.44. The molecule has 1 atom stereocenters. The van der Waals surface area contributed by atoms with Gasteiger partial charge in [0.15, 0.2) is 0 Å². The molecule has 0 aromatic carbocycles. The first kappa shape index (κ1) is 15.2. The van der Waals surface area contributed by atoms with E-state index in [0.717, 1.165) is 12.2 Å². The highest BCUT2D eigenvalue weighted by Gasteiger charge is 2.13. The van der Waals surface area contributed by atoms with E-state index in [0.29, 0.717) is 6.04 Å². The summed E-state index contributed by atoms with van der Waals surface area (Å²) in [6.07, 6.45) is 6.52. The number of pyridine rings is 1. The molecule has 0 amide bonds. The van der Waals surface area contributed by atoms with Gasteiger partial charge in [-0.3, -0.25) is 4.98 Å². The molecule has 1 unspecified atom stereocenters. The van der Waals surface area contributed by atoms with Crippen LogP contribution in [0.15, 0.2) is 12.1 Å². The Balaban J connectivity index is 2.64. The minimum atomic E-state index is 0.472. The predicted molar refractivity (Wildman–Crippen MR) is 78.9 cm³/mol. The first-order valence-corrected chi connectivity index (χ1v) is 7.36. The molecule has 0 aliphatic heterocycles. The number of hydrogen-bond donors (Lipinski definition) is 1. The summed E-state index contributed by atoms with van der Waals surface area (Å²) < 4.78 is 0. The molecule has 1 aromatic heterocycles. The molecule has 0 bridgehead atoms. The van der Waals surface area contributed by atoms with Crippen LogP contribution in [0.25, 0.3) is 0 Å². The van der Waals surface area contributed by atoms with Crippen LogP contribution >= 0.6 is 0 Å². The number of rotatable bonds is 8. The molecule has 0 spiro atoms. The van der Waals surface area contributed by atoms with Gasteiger partial charge in [0.25, 0.3) is 0 Å². The van der Waals surface area contributed by atoms with Gasteiger partial charge in [-0.15, -0.1) is 0 Å². The second-order valence-corrected chi connectivity index (χ2v) is 5.09. The number of hydrogen-bond acceptors (Lipinski definition) is 2. The highest BCUT2D eigenvalue weighted by Crippen LogP contribution is 2.22. The molecular weight excluding hydrogens is 220 g/mol. The van der Waals surface area contributed by atoms with Crippen molar-refractivity contribution < 1.29 is 0 Å². The smallest absolute Gasteiger partial charge is 0.0423 e. The average Bonchev–Trinajstić information content (AvgIpc) is 2.34. The summed E-state index contributed by atoms with van der Waals surface area (Å²) in [5.41, 5.74) is 3.66. The van der Waals surface area contributed by atoms with Gasteiger partial charge in [-0.2, -0.15) is 0 Å². The largest absolute Gasteiger partial charge is 0.310 e. The fourth-order valence-corrected chi connectivity index (χ4v) is 2.45. The molecular formula is C16H28N2. The lowest BCUT2D eigenvalue weighted by molar-refractivity contribution is 0.478. The van der Waals surface area contributed by atoms with Gasteiger partial charge in [0.05, 0.1) is 0 Å². The quantitative estimate of drug-likeness (QED) is 0.693. The van der Waals surface area contributed by atoms with Crippen LogP contribution in [0.2, 0.25) is 0 Å². The highest BCUT2D eigenvalue weighted by atomic mass is 14.9. The summed E-state index contributed by atoms with van der Waals surface area (Å²) in [5, 5.41) is 3.60. The number of aromatic nitrogens is 1. The molecule has 2 heteroatoms. The second-order valence-electron chi connectivity index (χ2n) is 5.09. The minimum Gasteiger partial charge on any atom is -0.310 e. The third kappa shape index (κ3) is 4.77. The molecule has 2 nitrogen and oxygen atoms in total. The van der Waals surface area contributed by atoms with Gasteiger partial charge < -0.3 is 5.32 Å². The van der Waals surface area contributed by atoms with Crippen molar-refractivity contribution in [1.82, 2.24) is 10.3 Å². The Hall–Kier alpha value is -0.890. The third-order valence-corrected chi connectivity index (χ3v) is 3.44. The lowest BCUT2D eigenvalue weighted by atomic mass is 9.98. The van der Waals surface area contributed by atoms with Crippen LogP contribution in [0, 0.1) is 13.8 Å². The second kappa shape index (κ2) is 8.25. The maximum Gasteiger partial charge on any atom is 0.0423 e. The van der Waals surface area contributed by atoms with Gasteiger partial charge >= 0.3 is 0 Å². The van der Waals surface area contributed by atoms with E-state index in [-0.39, 0.29) is 0 Å². The van der Waals surface area contributed by atoms with Crippen LogP contribution in [-0.2, 0) is 0 Å². The van der Waals surface area contributed by atoms with Crippen molar-refractivity contribution in [3.05, 3.63) is 29.1 Å². The normalized spacial score (nSPS) is 12.7. The number of nitrogens with one attached hydrogen (secondary N) is 1. The maximum atomic E-state index is 4.58. The molecule has 0 fully saturated rings. The van der Waals surface area contributed by atoms with Crippen molar-refractivity contribution in [2.75, 3.05) is 6.54 Å². The molecule has 0 saturated heterocycles. The Morgan fingerprint density at radius 1 is 1.11 bits per heavy atom. The summed E-state index contributed by atoms with van der Waals surface area (Å²) in [5.74, 6) is 0. The van der Waals surface area contributed by atoms with Crippen LogP contribution in [-0.4, -0.2) is 11.5 Å². The Labute approximate surface area is 112 Å². The van der Waals surface area contributed by atoms with Gasteiger partial charge in [0.2, 0.25) is 0 Å². The van der Waals surface area contributed by atoms with E-state index in [1.807, 2.05) is 0 Å². The van der Waals surface area contributed by atoms with E-state index >= 15 is 0 Å². The van der Waals surface area contributed by atoms with Crippen molar-refractivity contribution >= 4 is 0 Å². The maximum absolute atomic E-state index is 4.58. The van der Waals surface area contributed by atoms with E-state index in [1.165, 1.54) is 43.4 Å². The summed E-state index contributed by atoms with van der Waals surface area (Å²) in [6.45, 7) is 9.64. The molecule has 0 radical (unpaired) electrons. The number of aryl methyl sites for hydroxylation is 2. The van der Waals surface area contributed by atoms with E-state index in [4.69, 9.17) is 0 Å². The predicted octanol–water partition coefficient (Wildman–Crippen LogP) is 4.32. The standard InChI is InChI=1S/C16H28N2/c1-5-7-8-9-10-16(17-6-2)15-12-11-13(3)18-14(15)4/h11-12,16-17H,5-10H2,1-4H3. The fourth-order valence-electron chi connectivity index (χ4n) is 2.45. The van der Waals surface area contributed by atoms with Crippen LogP contribution in [0.1, 0.15) is 68.9 Å². The Bertz CT molecular complexity index is 347. The Morgan fingerprint density at radius 3 is 2.50 bits per heavy atom. The molecule has 0 saturated carbocycles. The molecule has 1 N–H and O–H groups in total. The van der Waals surface area contributed by atoms with Gasteiger partial charge in [-0.05, 0) is 38.4 Å². The van der Waals surface area contributed by atoms with E-state index < -0.39 is 0 Å².